The lowest BCUT2D eigenvalue weighted by Crippen LogP contribution is -2.14. The van der Waals surface area contributed by atoms with Gasteiger partial charge in [-0.25, -0.2) is 0 Å². The Morgan fingerprint density at radius 1 is 1.50 bits per heavy atom. The number of hydrogen-bond donors (Lipinski definition) is 1. The van der Waals surface area contributed by atoms with Gasteiger partial charge in [-0.2, -0.15) is 0 Å². The van der Waals surface area contributed by atoms with Crippen molar-refractivity contribution in [1.29, 1.82) is 0 Å². The molecule has 0 saturated carbocycles. The highest BCUT2D eigenvalue weighted by Crippen LogP contribution is 2.25. The minimum Gasteiger partial charge on any atom is -0.378 e. The lowest BCUT2D eigenvalue weighted by atomic mass is 10.2. The predicted molar refractivity (Wildman–Crippen MR) is 62.7 cm³/mol. The number of fused-ring (bicyclic) bond motifs is 1. The molecule has 0 bridgehead atoms. The van der Waals surface area contributed by atoms with Crippen molar-refractivity contribution >= 4 is 23.4 Å². The van der Waals surface area contributed by atoms with Gasteiger partial charge in [-0.1, -0.05) is 29.8 Å². The molecule has 1 aromatic rings. The van der Waals surface area contributed by atoms with E-state index in [1.165, 1.54) is 0 Å². The van der Waals surface area contributed by atoms with E-state index >= 15 is 0 Å². The van der Waals surface area contributed by atoms with Crippen molar-refractivity contribution in [3.05, 3.63) is 47.5 Å². The first-order valence-electron chi connectivity index (χ1n) is 4.65. The highest BCUT2D eigenvalue weighted by atomic mass is 35.5. The van der Waals surface area contributed by atoms with Crippen LogP contribution in [-0.4, -0.2) is 6.04 Å². The van der Waals surface area contributed by atoms with E-state index in [0.29, 0.717) is 6.04 Å². The molecule has 0 unspecified atom stereocenters. The predicted octanol–water partition coefficient (Wildman–Crippen LogP) is 3.72. The standard InChI is InChI=1S/C12H12ClN/c1-2-11-5-3-4-9-8-10(13)6-7-12(9)14-11/h2-4,6-8,11,14H,1,5H2/t11-/m0/s1. The van der Waals surface area contributed by atoms with Crippen LogP contribution >= 0.6 is 11.6 Å². The number of halogens is 1. The van der Waals surface area contributed by atoms with Gasteiger partial charge < -0.3 is 5.32 Å². The first-order valence-corrected chi connectivity index (χ1v) is 5.02. The van der Waals surface area contributed by atoms with Crippen molar-refractivity contribution in [1.82, 2.24) is 0 Å². The Morgan fingerprint density at radius 3 is 3.14 bits per heavy atom. The van der Waals surface area contributed by atoms with Gasteiger partial charge in [-0.3, -0.25) is 0 Å². The number of benzene rings is 1. The second-order valence-corrected chi connectivity index (χ2v) is 3.79. The third-order valence-corrected chi connectivity index (χ3v) is 2.56. The van der Waals surface area contributed by atoms with Crippen LogP contribution in [0.5, 0.6) is 0 Å². The highest BCUT2D eigenvalue weighted by Gasteiger charge is 2.08. The van der Waals surface area contributed by atoms with Crippen molar-refractivity contribution in [2.24, 2.45) is 0 Å². The Kier molecular flexibility index (Phi) is 2.60. The molecule has 0 radical (unpaired) electrons. The molecule has 0 fully saturated rings. The van der Waals surface area contributed by atoms with Gasteiger partial charge in [0.05, 0.1) is 0 Å². The van der Waals surface area contributed by atoms with Crippen LogP contribution in [0.25, 0.3) is 6.08 Å². The molecule has 1 aliphatic rings. The summed E-state index contributed by atoms with van der Waals surface area (Å²) in [6.07, 6.45) is 7.13. The van der Waals surface area contributed by atoms with Gasteiger partial charge in [0.2, 0.25) is 0 Å². The SMILES string of the molecule is C=C[C@H]1CC=Cc2cc(Cl)ccc2N1. The Hall–Kier alpha value is -1.21. The lowest BCUT2D eigenvalue weighted by Gasteiger charge is -2.13. The maximum absolute atomic E-state index is 5.92. The molecule has 0 aromatic heterocycles. The highest BCUT2D eigenvalue weighted by molar-refractivity contribution is 6.30. The molecule has 1 nitrogen and oxygen atoms in total. The van der Waals surface area contributed by atoms with Gasteiger partial charge in [0.25, 0.3) is 0 Å². The Balaban J connectivity index is 2.39. The zero-order valence-corrected chi connectivity index (χ0v) is 8.59. The first kappa shape index (κ1) is 9.35. The summed E-state index contributed by atoms with van der Waals surface area (Å²) < 4.78 is 0. The van der Waals surface area contributed by atoms with Crippen molar-refractivity contribution in [2.45, 2.75) is 12.5 Å². The van der Waals surface area contributed by atoms with Gasteiger partial charge in [-0.05, 0) is 30.2 Å². The molecule has 2 heteroatoms. The van der Waals surface area contributed by atoms with E-state index in [2.05, 4.69) is 24.0 Å². The average Bonchev–Trinajstić information content (AvgIpc) is 2.38. The monoisotopic (exact) mass is 205 g/mol. The van der Waals surface area contributed by atoms with Crippen molar-refractivity contribution in [3.8, 4) is 0 Å². The summed E-state index contributed by atoms with van der Waals surface area (Å²) in [5.41, 5.74) is 2.26. The lowest BCUT2D eigenvalue weighted by molar-refractivity contribution is 0.904. The quantitative estimate of drug-likeness (QED) is 0.689. The van der Waals surface area contributed by atoms with E-state index in [-0.39, 0.29) is 0 Å². The summed E-state index contributed by atoms with van der Waals surface area (Å²) in [4.78, 5) is 0. The summed E-state index contributed by atoms with van der Waals surface area (Å²) in [6.45, 7) is 3.79. The Bertz CT molecular complexity index is 382. The number of rotatable bonds is 1. The molecular formula is C12H12ClN. The van der Waals surface area contributed by atoms with E-state index in [1.807, 2.05) is 24.3 Å². The molecule has 0 spiro atoms. The molecule has 1 heterocycles. The molecule has 1 aromatic carbocycles. The van der Waals surface area contributed by atoms with Crippen LogP contribution in [0.4, 0.5) is 5.69 Å². The van der Waals surface area contributed by atoms with Crippen LogP contribution < -0.4 is 5.32 Å². The molecule has 2 rings (SSSR count). The maximum atomic E-state index is 5.92. The fourth-order valence-electron chi connectivity index (χ4n) is 1.56. The molecule has 0 amide bonds. The summed E-state index contributed by atoms with van der Waals surface area (Å²) in [5.74, 6) is 0. The van der Waals surface area contributed by atoms with Gasteiger partial charge in [0.1, 0.15) is 0 Å². The van der Waals surface area contributed by atoms with Gasteiger partial charge in [0, 0.05) is 16.8 Å². The number of anilines is 1. The normalized spacial score (nSPS) is 19.4. The molecule has 72 valence electrons. The third-order valence-electron chi connectivity index (χ3n) is 2.33. The molecular weight excluding hydrogens is 194 g/mol. The molecule has 1 aliphatic heterocycles. The summed E-state index contributed by atoms with van der Waals surface area (Å²) >= 11 is 5.92. The third kappa shape index (κ3) is 1.83. The largest absolute Gasteiger partial charge is 0.378 e. The molecule has 1 atom stereocenters. The van der Waals surface area contributed by atoms with Crippen molar-refractivity contribution in [3.63, 3.8) is 0 Å². The van der Waals surface area contributed by atoms with E-state index in [0.717, 1.165) is 22.7 Å². The smallest absolute Gasteiger partial charge is 0.0476 e. The van der Waals surface area contributed by atoms with E-state index in [9.17, 15) is 0 Å². The van der Waals surface area contributed by atoms with Gasteiger partial charge >= 0.3 is 0 Å². The van der Waals surface area contributed by atoms with E-state index in [1.54, 1.807) is 0 Å². The average molecular weight is 206 g/mol. The Labute approximate surface area is 89.1 Å². The summed E-state index contributed by atoms with van der Waals surface area (Å²) in [6, 6.07) is 6.18. The van der Waals surface area contributed by atoms with Gasteiger partial charge in [-0.15, -0.1) is 6.58 Å². The van der Waals surface area contributed by atoms with Crippen LogP contribution in [0.1, 0.15) is 12.0 Å². The van der Waals surface area contributed by atoms with Crippen molar-refractivity contribution in [2.75, 3.05) is 5.32 Å². The fraction of sp³-hybridized carbons (Fsp3) is 0.167. The first-order chi connectivity index (χ1) is 6.79. The maximum Gasteiger partial charge on any atom is 0.0476 e. The summed E-state index contributed by atoms with van der Waals surface area (Å²) in [5, 5.41) is 4.17. The van der Waals surface area contributed by atoms with Crippen LogP contribution in [0.3, 0.4) is 0 Å². The second kappa shape index (κ2) is 3.89. The van der Waals surface area contributed by atoms with E-state index in [4.69, 9.17) is 11.6 Å². The topological polar surface area (TPSA) is 12.0 Å². The molecule has 14 heavy (non-hydrogen) atoms. The van der Waals surface area contributed by atoms with Crippen LogP contribution in [0.15, 0.2) is 36.9 Å². The van der Waals surface area contributed by atoms with Gasteiger partial charge in [0.15, 0.2) is 0 Å². The zero-order chi connectivity index (χ0) is 9.97. The minimum atomic E-state index is 0.314. The van der Waals surface area contributed by atoms with Crippen LogP contribution in [0.2, 0.25) is 5.02 Å². The zero-order valence-electron chi connectivity index (χ0n) is 7.83. The molecule has 0 aliphatic carbocycles. The van der Waals surface area contributed by atoms with E-state index < -0.39 is 0 Å². The number of hydrogen-bond acceptors (Lipinski definition) is 1. The Morgan fingerprint density at radius 2 is 2.36 bits per heavy atom. The summed E-state index contributed by atoms with van der Waals surface area (Å²) in [7, 11) is 0. The fourth-order valence-corrected chi connectivity index (χ4v) is 1.74. The minimum absolute atomic E-state index is 0.314. The van der Waals surface area contributed by atoms with Crippen LogP contribution in [0, 0.1) is 0 Å². The molecule has 0 saturated heterocycles. The van der Waals surface area contributed by atoms with Crippen molar-refractivity contribution < 1.29 is 0 Å². The number of nitrogens with one attached hydrogen (secondary N) is 1. The molecule has 1 N–H and O–H groups in total. The second-order valence-electron chi connectivity index (χ2n) is 3.36. The van der Waals surface area contributed by atoms with Crippen LogP contribution in [-0.2, 0) is 0 Å².